The molecule has 3 aromatic rings. The van der Waals surface area contributed by atoms with Crippen molar-refractivity contribution in [2.45, 2.75) is 30.9 Å². The lowest BCUT2D eigenvalue weighted by atomic mass is 9.66. The minimum absolute atomic E-state index is 0.130. The van der Waals surface area contributed by atoms with E-state index in [-0.39, 0.29) is 16.5 Å². The number of fused-ring (bicyclic) bond motifs is 2. The van der Waals surface area contributed by atoms with E-state index >= 15 is 0 Å². The molecule has 5 rings (SSSR count). The van der Waals surface area contributed by atoms with Crippen molar-refractivity contribution in [2.24, 2.45) is 16.7 Å². The highest BCUT2D eigenvalue weighted by Gasteiger charge is 2.76. The van der Waals surface area contributed by atoms with Gasteiger partial charge in [-0.05, 0) is 55.2 Å². The molecule has 0 aliphatic heterocycles. The summed E-state index contributed by atoms with van der Waals surface area (Å²) >= 11 is 0. The topological polar surface area (TPSA) is 68.3 Å². The first-order valence-corrected chi connectivity index (χ1v) is 12.9. The molecule has 0 heterocycles. The zero-order chi connectivity index (χ0) is 24.3. The van der Waals surface area contributed by atoms with Gasteiger partial charge < -0.3 is 0 Å². The zero-order valence-electron chi connectivity index (χ0n) is 19.4. The molecule has 1 saturated carbocycles. The number of hydrogen-bond donors (Lipinski definition) is 0. The molecule has 172 valence electrons. The van der Waals surface area contributed by atoms with Crippen LogP contribution in [-0.2, 0) is 19.4 Å². The van der Waals surface area contributed by atoms with Crippen LogP contribution >= 0.6 is 0 Å². The molecule has 1 fully saturated rings. The van der Waals surface area contributed by atoms with Crippen LogP contribution in [0.4, 0.5) is 0 Å². The monoisotopic (exact) mass is 470 g/mol. The Labute approximate surface area is 200 Å². The average Bonchev–Trinajstić information content (AvgIpc) is 3.14. The summed E-state index contributed by atoms with van der Waals surface area (Å²) in [7, 11) is -4.02. The minimum atomic E-state index is -4.02. The summed E-state index contributed by atoms with van der Waals surface area (Å²) in [6.45, 7) is 4.89. The Balaban J connectivity index is 1.90. The van der Waals surface area contributed by atoms with Crippen LogP contribution in [0.3, 0.4) is 0 Å². The van der Waals surface area contributed by atoms with E-state index in [1.165, 1.54) is 6.92 Å². The summed E-state index contributed by atoms with van der Waals surface area (Å²) in [6.07, 6.45) is 0. The molecule has 2 bridgehead atoms. The largest absolute Gasteiger partial charge is 0.300 e. The second-order valence-electron chi connectivity index (χ2n) is 9.58. The Morgan fingerprint density at radius 1 is 0.706 bits per heavy atom. The number of Topliss-reactive ketones (excluding diaryl/α,β-unsaturated/α-hetero) is 2. The molecule has 0 N–H and O–H groups in total. The van der Waals surface area contributed by atoms with Gasteiger partial charge in [-0.25, -0.2) is 8.42 Å². The van der Waals surface area contributed by atoms with E-state index in [4.69, 9.17) is 0 Å². The smallest absolute Gasteiger partial charge is 0.183 e. The molecule has 4 unspecified atom stereocenters. The Hall–Kier alpha value is -3.31. The maximum absolute atomic E-state index is 14.3. The van der Waals surface area contributed by atoms with Gasteiger partial charge in [-0.1, -0.05) is 78.9 Å². The van der Waals surface area contributed by atoms with Gasteiger partial charge in [-0.2, -0.15) is 0 Å². The van der Waals surface area contributed by atoms with Gasteiger partial charge in [0.15, 0.2) is 15.6 Å². The van der Waals surface area contributed by atoms with Crippen LogP contribution in [0, 0.1) is 16.7 Å². The molecular weight excluding hydrogens is 444 g/mol. The molecule has 2 aliphatic rings. The Morgan fingerprint density at radius 3 is 1.56 bits per heavy atom. The van der Waals surface area contributed by atoms with Gasteiger partial charge >= 0.3 is 0 Å². The van der Waals surface area contributed by atoms with Crippen molar-refractivity contribution in [2.75, 3.05) is 0 Å². The van der Waals surface area contributed by atoms with Crippen molar-refractivity contribution in [3.63, 3.8) is 0 Å². The normalized spacial score (nSPS) is 28.4. The molecule has 3 aromatic carbocycles. The van der Waals surface area contributed by atoms with Crippen LogP contribution in [0.15, 0.2) is 95.9 Å². The summed E-state index contributed by atoms with van der Waals surface area (Å²) in [5, 5.41) is -1.19. The summed E-state index contributed by atoms with van der Waals surface area (Å²) < 4.78 is 28.3. The van der Waals surface area contributed by atoms with Gasteiger partial charge in [0.2, 0.25) is 0 Å². The van der Waals surface area contributed by atoms with Gasteiger partial charge in [0, 0.05) is 0 Å². The van der Waals surface area contributed by atoms with E-state index in [0.717, 1.165) is 16.7 Å². The number of rotatable bonds is 5. The molecule has 0 radical (unpaired) electrons. The fourth-order valence-corrected chi connectivity index (χ4v) is 8.95. The molecule has 34 heavy (non-hydrogen) atoms. The average molecular weight is 471 g/mol. The summed E-state index contributed by atoms with van der Waals surface area (Å²) in [5.74, 6) is -1.48. The lowest BCUT2D eigenvalue weighted by molar-refractivity contribution is -0.130. The number of ketones is 2. The number of carbonyl (C=O) groups is 2. The predicted molar refractivity (Wildman–Crippen MR) is 133 cm³/mol. The quantitative estimate of drug-likeness (QED) is 0.511. The number of allylic oxidation sites excluding steroid dienone is 2. The predicted octanol–water partition coefficient (Wildman–Crippen LogP) is 5.25. The highest BCUT2D eigenvalue weighted by molar-refractivity contribution is 7.92. The number of carbonyl (C=O) groups excluding carboxylic acids is 2. The molecule has 0 amide bonds. The lowest BCUT2D eigenvalue weighted by Gasteiger charge is -2.40. The standard InChI is InChI=1S/C29H26O4S/c1-19(30)23-26(34(32,33)22-17-11-6-12-18-22)29(3)25(21-15-9-5-10-16-21)24(28(23,2)27(29)31)20-13-7-4-8-14-20/h4-18,23,26H,1-3H3. The molecule has 2 aliphatic carbocycles. The first-order chi connectivity index (χ1) is 16.2. The third kappa shape index (κ3) is 2.80. The summed E-state index contributed by atoms with van der Waals surface area (Å²) in [5.41, 5.74) is 0.450. The van der Waals surface area contributed by atoms with Crippen molar-refractivity contribution in [1.29, 1.82) is 0 Å². The SMILES string of the molecule is CC(=O)C1C(S(=O)(=O)c2ccccc2)C2(C)C(=O)C1(C)C(c1ccccc1)=C2c1ccccc1. The van der Waals surface area contributed by atoms with Crippen LogP contribution in [0.1, 0.15) is 31.9 Å². The van der Waals surface area contributed by atoms with Gasteiger partial charge in [-0.15, -0.1) is 0 Å². The van der Waals surface area contributed by atoms with E-state index in [2.05, 4.69) is 0 Å². The van der Waals surface area contributed by atoms with Gasteiger partial charge in [0.1, 0.15) is 5.78 Å². The molecule has 0 saturated heterocycles. The second kappa shape index (κ2) is 7.60. The van der Waals surface area contributed by atoms with Gasteiger partial charge in [0.25, 0.3) is 0 Å². The van der Waals surface area contributed by atoms with E-state index < -0.39 is 31.8 Å². The summed E-state index contributed by atoms with van der Waals surface area (Å²) in [6, 6.07) is 27.2. The fraction of sp³-hybridized carbons (Fsp3) is 0.241. The van der Waals surface area contributed by atoms with Crippen molar-refractivity contribution in [3.05, 3.63) is 102 Å². The number of hydrogen-bond acceptors (Lipinski definition) is 4. The van der Waals surface area contributed by atoms with E-state index in [1.54, 1.807) is 44.2 Å². The number of sulfone groups is 1. The summed E-state index contributed by atoms with van der Waals surface area (Å²) in [4.78, 5) is 27.7. The first kappa shape index (κ1) is 22.5. The van der Waals surface area contributed by atoms with Crippen LogP contribution in [0.25, 0.3) is 11.1 Å². The van der Waals surface area contributed by atoms with Gasteiger partial charge in [0.05, 0.1) is 26.9 Å². The number of benzene rings is 3. The first-order valence-electron chi connectivity index (χ1n) is 11.4. The molecule has 5 heteroatoms. The van der Waals surface area contributed by atoms with Crippen LogP contribution in [0.2, 0.25) is 0 Å². The van der Waals surface area contributed by atoms with Crippen LogP contribution in [-0.4, -0.2) is 25.2 Å². The molecular formula is C29H26O4S. The van der Waals surface area contributed by atoms with Crippen molar-refractivity contribution in [3.8, 4) is 0 Å². The third-order valence-electron chi connectivity index (χ3n) is 7.69. The van der Waals surface area contributed by atoms with Crippen molar-refractivity contribution in [1.82, 2.24) is 0 Å². The van der Waals surface area contributed by atoms with Crippen molar-refractivity contribution >= 4 is 32.5 Å². The Kier molecular flexibility index (Phi) is 5.03. The van der Waals surface area contributed by atoms with E-state index in [0.29, 0.717) is 5.57 Å². The third-order valence-corrected chi connectivity index (χ3v) is 10.0. The van der Waals surface area contributed by atoms with Crippen LogP contribution < -0.4 is 0 Å². The fourth-order valence-electron chi connectivity index (χ4n) is 6.45. The minimum Gasteiger partial charge on any atom is -0.300 e. The Morgan fingerprint density at radius 2 is 1.12 bits per heavy atom. The second-order valence-corrected chi connectivity index (χ2v) is 11.7. The highest BCUT2D eigenvalue weighted by Crippen LogP contribution is 2.71. The van der Waals surface area contributed by atoms with Gasteiger partial charge in [-0.3, -0.25) is 9.59 Å². The van der Waals surface area contributed by atoms with E-state index in [9.17, 15) is 18.0 Å². The Bertz CT molecular complexity index is 1430. The zero-order valence-corrected chi connectivity index (χ0v) is 20.2. The maximum Gasteiger partial charge on any atom is 0.183 e. The maximum atomic E-state index is 14.3. The highest BCUT2D eigenvalue weighted by atomic mass is 32.2. The molecule has 0 aromatic heterocycles. The van der Waals surface area contributed by atoms with Crippen molar-refractivity contribution < 1.29 is 18.0 Å². The lowest BCUT2D eigenvalue weighted by Crippen LogP contribution is -2.46. The van der Waals surface area contributed by atoms with E-state index in [1.807, 2.05) is 60.7 Å². The molecule has 4 nitrogen and oxygen atoms in total. The van der Waals surface area contributed by atoms with Crippen LogP contribution in [0.5, 0.6) is 0 Å². The molecule has 0 spiro atoms. The molecule has 4 atom stereocenters.